The maximum atomic E-state index is 13.3. The number of benzene rings is 4. The van der Waals surface area contributed by atoms with E-state index in [4.69, 9.17) is 0 Å². The number of rotatable bonds is 8. The molecule has 0 heterocycles. The van der Waals surface area contributed by atoms with Gasteiger partial charge in [0, 0.05) is 22.7 Å². The van der Waals surface area contributed by atoms with Crippen LogP contribution in [-0.2, 0) is 9.59 Å². The zero-order chi connectivity index (χ0) is 23.0. The summed E-state index contributed by atoms with van der Waals surface area (Å²) in [4.78, 5) is 26.1. The summed E-state index contributed by atoms with van der Waals surface area (Å²) in [5, 5.41) is 7.78. The van der Waals surface area contributed by atoms with Crippen LogP contribution < -0.4 is 10.6 Å². The molecule has 33 heavy (non-hydrogen) atoms. The maximum absolute atomic E-state index is 13.3. The number of nitrogens with one attached hydrogen (secondary N) is 2. The third-order valence-electron chi connectivity index (χ3n) is 5.23. The Labute approximate surface area is 198 Å². The van der Waals surface area contributed by atoms with Gasteiger partial charge in [-0.1, -0.05) is 67.6 Å². The Morgan fingerprint density at radius 1 is 0.758 bits per heavy atom. The molecule has 0 fully saturated rings. The van der Waals surface area contributed by atoms with Crippen LogP contribution in [0.5, 0.6) is 0 Å². The topological polar surface area (TPSA) is 58.2 Å². The highest BCUT2D eigenvalue weighted by Crippen LogP contribution is 2.37. The van der Waals surface area contributed by atoms with Crippen molar-refractivity contribution in [3.63, 3.8) is 0 Å². The molecule has 0 saturated carbocycles. The van der Waals surface area contributed by atoms with Gasteiger partial charge in [-0.25, -0.2) is 0 Å². The SMILES string of the molecule is CCCC(=O)Nc1ccc(SC(C(=O)Nc2ccc3ccccc3c2)c2ccccc2)cc1. The molecule has 166 valence electrons. The monoisotopic (exact) mass is 454 g/mol. The van der Waals surface area contributed by atoms with Crippen molar-refractivity contribution in [1.82, 2.24) is 0 Å². The van der Waals surface area contributed by atoms with Gasteiger partial charge >= 0.3 is 0 Å². The lowest BCUT2D eigenvalue weighted by atomic mass is 10.1. The summed E-state index contributed by atoms with van der Waals surface area (Å²) in [5.74, 6) is -0.0726. The van der Waals surface area contributed by atoms with Crippen LogP contribution in [-0.4, -0.2) is 11.8 Å². The van der Waals surface area contributed by atoms with E-state index < -0.39 is 5.25 Å². The Morgan fingerprint density at radius 2 is 1.42 bits per heavy atom. The summed E-state index contributed by atoms with van der Waals surface area (Å²) in [6.07, 6.45) is 1.31. The lowest BCUT2D eigenvalue weighted by molar-refractivity contribution is -0.116. The lowest BCUT2D eigenvalue weighted by Crippen LogP contribution is -2.19. The Hall–Kier alpha value is -3.57. The minimum atomic E-state index is -0.418. The molecule has 0 aromatic heterocycles. The van der Waals surface area contributed by atoms with E-state index in [0.717, 1.165) is 39.0 Å². The molecule has 4 aromatic carbocycles. The first-order valence-electron chi connectivity index (χ1n) is 11.0. The molecule has 4 aromatic rings. The number of fused-ring (bicyclic) bond motifs is 1. The molecule has 0 aliphatic heterocycles. The van der Waals surface area contributed by atoms with E-state index in [1.807, 2.05) is 97.9 Å². The van der Waals surface area contributed by atoms with Gasteiger partial charge in [0.05, 0.1) is 0 Å². The van der Waals surface area contributed by atoms with Crippen LogP contribution in [0.15, 0.2) is 102 Å². The first-order valence-corrected chi connectivity index (χ1v) is 11.9. The number of amides is 2. The second-order valence-electron chi connectivity index (χ2n) is 7.78. The molecule has 1 unspecified atom stereocenters. The largest absolute Gasteiger partial charge is 0.326 e. The second kappa shape index (κ2) is 10.8. The van der Waals surface area contributed by atoms with Crippen LogP contribution in [0.2, 0.25) is 0 Å². The van der Waals surface area contributed by atoms with Crippen molar-refractivity contribution in [3.8, 4) is 0 Å². The fourth-order valence-corrected chi connectivity index (χ4v) is 4.60. The molecule has 0 spiro atoms. The highest BCUT2D eigenvalue weighted by molar-refractivity contribution is 8.00. The van der Waals surface area contributed by atoms with E-state index in [-0.39, 0.29) is 11.8 Å². The average Bonchev–Trinajstić information content (AvgIpc) is 2.84. The van der Waals surface area contributed by atoms with Gasteiger partial charge in [-0.3, -0.25) is 9.59 Å². The quantitative estimate of drug-likeness (QED) is 0.280. The first-order chi connectivity index (χ1) is 16.1. The highest BCUT2D eigenvalue weighted by Gasteiger charge is 2.22. The predicted molar refractivity (Wildman–Crippen MR) is 138 cm³/mol. The standard InChI is InChI=1S/C28H26N2O2S/c1-2-8-26(31)29-23-15-17-25(18-16-23)33-27(21-10-4-3-5-11-21)28(32)30-24-14-13-20-9-6-7-12-22(20)19-24/h3-7,9-19,27H,2,8H2,1H3,(H,29,31)(H,30,32). The van der Waals surface area contributed by atoms with Crippen LogP contribution in [0.4, 0.5) is 11.4 Å². The van der Waals surface area contributed by atoms with Crippen LogP contribution >= 0.6 is 11.8 Å². The molecule has 4 nitrogen and oxygen atoms in total. The zero-order valence-electron chi connectivity index (χ0n) is 18.5. The molecule has 1 atom stereocenters. The van der Waals surface area contributed by atoms with Crippen molar-refractivity contribution in [2.75, 3.05) is 10.6 Å². The van der Waals surface area contributed by atoms with E-state index in [0.29, 0.717) is 6.42 Å². The van der Waals surface area contributed by atoms with Crippen molar-refractivity contribution in [3.05, 3.63) is 103 Å². The molecular formula is C28H26N2O2S. The van der Waals surface area contributed by atoms with E-state index in [9.17, 15) is 9.59 Å². The number of carbonyl (C=O) groups is 2. The maximum Gasteiger partial charge on any atom is 0.242 e. The highest BCUT2D eigenvalue weighted by atomic mass is 32.2. The van der Waals surface area contributed by atoms with Gasteiger partial charge in [0.25, 0.3) is 0 Å². The number of anilines is 2. The first kappa shape index (κ1) is 22.6. The van der Waals surface area contributed by atoms with Gasteiger partial charge in [0.15, 0.2) is 0 Å². The fourth-order valence-electron chi connectivity index (χ4n) is 3.58. The van der Waals surface area contributed by atoms with Crippen LogP contribution in [0.1, 0.15) is 30.6 Å². The Kier molecular flexibility index (Phi) is 7.43. The van der Waals surface area contributed by atoms with Gasteiger partial charge in [-0.2, -0.15) is 0 Å². The normalized spacial score (nSPS) is 11.7. The van der Waals surface area contributed by atoms with Gasteiger partial charge in [-0.05, 0) is 59.2 Å². The number of carbonyl (C=O) groups excluding carboxylic acids is 2. The van der Waals surface area contributed by atoms with Crippen molar-refractivity contribution < 1.29 is 9.59 Å². The van der Waals surface area contributed by atoms with Crippen molar-refractivity contribution in [2.45, 2.75) is 29.9 Å². The molecule has 2 amide bonds. The van der Waals surface area contributed by atoms with E-state index in [1.54, 1.807) is 0 Å². The summed E-state index contributed by atoms with van der Waals surface area (Å²) in [6, 6.07) is 31.4. The third-order valence-corrected chi connectivity index (χ3v) is 6.49. The van der Waals surface area contributed by atoms with Crippen molar-refractivity contribution >= 4 is 45.7 Å². The second-order valence-corrected chi connectivity index (χ2v) is 8.96. The van der Waals surface area contributed by atoms with E-state index in [1.165, 1.54) is 11.8 Å². The molecule has 2 N–H and O–H groups in total. The Morgan fingerprint density at radius 3 is 2.15 bits per heavy atom. The van der Waals surface area contributed by atoms with Crippen LogP contribution in [0, 0.1) is 0 Å². The summed E-state index contributed by atoms with van der Waals surface area (Å²) in [6.45, 7) is 1.98. The van der Waals surface area contributed by atoms with Crippen molar-refractivity contribution in [2.24, 2.45) is 0 Å². The number of hydrogen-bond donors (Lipinski definition) is 2. The molecule has 0 radical (unpaired) electrons. The number of thioether (sulfide) groups is 1. The fraction of sp³-hybridized carbons (Fsp3) is 0.143. The molecule has 0 bridgehead atoms. The molecule has 0 aliphatic rings. The van der Waals surface area contributed by atoms with E-state index in [2.05, 4.69) is 16.7 Å². The smallest absolute Gasteiger partial charge is 0.242 e. The molecular weight excluding hydrogens is 428 g/mol. The predicted octanol–water partition coefficient (Wildman–Crippen LogP) is 7.05. The zero-order valence-corrected chi connectivity index (χ0v) is 19.3. The Bertz CT molecular complexity index is 1240. The average molecular weight is 455 g/mol. The van der Waals surface area contributed by atoms with Crippen molar-refractivity contribution in [1.29, 1.82) is 0 Å². The molecule has 4 rings (SSSR count). The molecule has 5 heteroatoms. The minimum absolute atomic E-state index is 0.00910. The van der Waals surface area contributed by atoms with Crippen LogP contribution in [0.3, 0.4) is 0 Å². The molecule has 0 aliphatic carbocycles. The van der Waals surface area contributed by atoms with Gasteiger partial charge in [-0.15, -0.1) is 11.8 Å². The molecule has 0 saturated heterocycles. The summed E-state index contributed by atoms with van der Waals surface area (Å²) >= 11 is 1.49. The lowest BCUT2D eigenvalue weighted by Gasteiger charge is -2.18. The third kappa shape index (κ3) is 6.02. The Balaban J connectivity index is 1.52. The number of hydrogen-bond acceptors (Lipinski definition) is 3. The summed E-state index contributed by atoms with van der Waals surface area (Å²) in [7, 11) is 0. The van der Waals surface area contributed by atoms with Gasteiger partial charge in [0.1, 0.15) is 5.25 Å². The van der Waals surface area contributed by atoms with Gasteiger partial charge in [0.2, 0.25) is 11.8 Å². The van der Waals surface area contributed by atoms with Crippen LogP contribution in [0.25, 0.3) is 10.8 Å². The minimum Gasteiger partial charge on any atom is -0.326 e. The summed E-state index contributed by atoms with van der Waals surface area (Å²) in [5.41, 5.74) is 2.46. The van der Waals surface area contributed by atoms with E-state index >= 15 is 0 Å². The summed E-state index contributed by atoms with van der Waals surface area (Å²) < 4.78 is 0. The van der Waals surface area contributed by atoms with Gasteiger partial charge < -0.3 is 10.6 Å².